The van der Waals surface area contributed by atoms with E-state index >= 15 is 0 Å². The zero-order valence-electron chi connectivity index (χ0n) is 9.51. The lowest BCUT2D eigenvalue weighted by molar-refractivity contribution is -0.114. The predicted octanol–water partition coefficient (Wildman–Crippen LogP) is -1.84. The summed E-state index contributed by atoms with van der Waals surface area (Å²) in [5.74, 6) is 0.221. The Morgan fingerprint density at radius 3 is 2.61 bits per heavy atom. The molecule has 2 heterocycles. The summed E-state index contributed by atoms with van der Waals surface area (Å²) in [5, 5.41) is 47.8. The number of rotatable bonds is 4. The monoisotopic (exact) mass is 260 g/mol. The summed E-state index contributed by atoms with van der Waals surface area (Å²) >= 11 is 0. The summed E-state index contributed by atoms with van der Waals surface area (Å²) in [7, 11) is 0. The minimum atomic E-state index is -1.99. The number of ether oxygens (including phenoxy) is 1. The van der Waals surface area contributed by atoms with E-state index in [1.54, 1.807) is 6.07 Å². The van der Waals surface area contributed by atoms with Crippen molar-refractivity contribution in [3.63, 3.8) is 0 Å². The Balaban J connectivity index is 2.30. The Morgan fingerprint density at radius 2 is 2.11 bits per heavy atom. The van der Waals surface area contributed by atoms with Gasteiger partial charge in [-0.15, -0.1) is 0 Å². The standard InChI is InChI=1S/C11H16O7/c12-4-6(14)8-9(15)11(16,5-13)10(18-8)7-2-1-3-17-7/h1-3,6,8-10,12-16H,4-5H2/t6?,8-,9+,10?,11+/m1/s1. The fraction of sp³-hybridized carbons (Fsp3) is 0.636. The molecule has 0 radical (unpaired) electrons. The van der Waals surface area contributed by atoms with Gasteiger partial charge in [-0.05, 0) is 12.1 Å². The second kappa shape index (κ2) is 4.96. The number of aliphatic hydroxyl groups excluding tert-OH is 4. The molecule has 1 aliphatic heterocycles. The maximum Gasteiger partial charge on any atom is 0.149 e. The maximum atomic E-state index is 10.2. The molecule has 7 heteroatoms. The van der Waals surface area contributed by atoms with Crippen LogP contribution in [0.1, 0.15) is 11.9 Å². The van der Waals surface area contributed by atoms with Gasteiger partial charge >= 0.3 is 0 Å². The lowest BCUT2D eigenvalue weighted by atomic mass is 9.89. The molecular weight excluding hydrogens is 244 g/mol. The van der Waals surface area contributed by atoms with E-state index in [1.165, 1.54) is 12.3 Å². The van der Waals surface area contributed by atoms with Crippen molar-refractivity contribution in [1.82, 2.24) is 0 Å². The third kappa shape index (κ3) is 1.95. The average molecular weight is 260 g/mol. The molecule has 0 amide bonds. The van der Waals surface area contributed by atoms with Crippen molar-refractivity contribution in [3.8, 4) is 0 Å². The molecule has 1 fully saturated rings. The van der Waals surface area contributed by atoms with Crippen LogP contribution >= 0.6 is 0 Å². The van der Waals surface area contributed by atoms with Gasteiger partial charge in [0.15, 0.2) is 0 Å². The van der Waals surface area contributed by atoms with E-state index in [4.69, 9.17) is 14.3 Å². The van der Waals surface area contributed by atoms with Gasteiger partial charge in [0, 0.05) is 0 Å². The number of hydrogen-bond donors (Lipinski definition) is 5. The van der Waals surface area contributed by atoms with Crippen LogP contribution in [0.5, 0.6) is 0 Å². The molecule has 1 saturated heterocycles. The van der Waals surface area contributed by atoms with Crippen molar-refractivity contribution < 1.29 is 34.7 Å². The fourth-order valence-electron chi connectivity index (χ4n) is 2.12. The number of furan rings is 1. The smallest absolute Gasteiger partial charge is 0.149 e. The molecule has 0 spiro atoms. The lowest BCUT2D eigenvalue weighted by Gasteiger charge is -2.28. The Bertz CT molecular complexity index is 379. The van der Waals surface area contributed by atoms with Crippen molar-refractivity contribution >= 4 is 0 Å². The van der Waals surface area contributed by atoms with Gasteiger partial charge < -0.3 is 34.7 Å². The summed E-state index contributed by atoms with van der Waals surface area (Å²) in [5.41, 5.74) is -1.99. The van der Waals surface area contributed by atoms with Crippen LogP contribution in [-0.4, -0.2) is 62.7 Å². The first kappa shape index (κ1) is 13.5. The van der Waals surface area contributed by atoms with Crippen molar-refractivity contribution in [1.29, 1.82) is 0 Å². The number of aliphatic hydroxyl groups is 5. The van der Waals surface area contributed by atoms with E-state index in [2.05, 4.69) is 0 Å². The Kier molecular flexibility index (Phi) is 3.71. The molecule has 0 aromatic carbocycles. The van der Waals surface area contributed by atoms with Gasteiger partial charge in [0.25, 0.3) is 0 Å². The van der Waals surface area contributed by atoms with Crippen LogP contribution in [-0.2, 0) is 4.74 Å². The highest BCUT2D eigenvalue weighted by molar-refractivity contribution is 5.15. The third-order valence-corrected chi connectivity index (χ3v) is 3.19. The summed E-state index contributed by atoms with van der Waals surface area (Å²) in [6.45, 7) is -1.40. The summed E-state index contributed by atoms with van der Waals surface area (Å²) in [6, 6.07) is 3.09. The zero-order chi connectivity index (χ0) is 13.3. The molecule has 0 bridgehead atoms. The normalized spacial score (nSPS) is 37.9. The molecule has 7 nitrogen and oxygen atoms in total. The topological polar surface area (TPSA) is 124 Å². The third-order valence-electron chi connectivity index (χ3n) is 3.19. The molecule has 0 saturated carbocycles. The van der Waals surface area contributed by atoms with Crippen LogP contribution in [0.2, 0.25) is 0 Å². The van der Waals surface area contributed by atoms with Gasteiger partial charge in [0.2, 0.25) is 0 Å². The molecule has 2 unspecified atom stereocenters. The quantitative estimate of drug-likeness (QED) is 0.431. The molecule has 2 rings (SSSR count). The maximum absolute atomic E-state index is 10.2. The van der Waals surface area contributed by atoms with Gasteiger partial charge in [0.05, 0.1) is 19.5 Å². The van der Waals surface area contributed by atoms with Gasteiger partial charge in [-0.25, -0.2) is 0 Å². The minimum Gasteiger partial charge on any atom is -0.466 e. The molecule has 0 aliphatic carbocycles. The van der Waals surface area contributed by atoms with E-state index in [0.717, 1.165) is 0 Å². The first-order valence-corrected chi connectivity index (χ1v) is 5.53. The van der Waals surface area contributed by atoms with Gasteiger partial charge in [0.1, 0.15) is 35.8 Å². The van der Waals surface area contributed by atoms with Crippen molar-refractivity contribution in [2.75, 3.05) is 13.2 Å². The molecule has 1 aromatic rings. The van der Waals surface area contributed by atoms with E-state index in [9.17, 15) is 20.4 Å². The van der Waals surface area contributed by atoms with Crippen LogP contribution in [0.25, 0.3) is 0 Å². The van der Waals surface area contributed by atoms with E-state index in [1.807, 2.05) is 0 Å². The Morgan fingerprint density at radius 1 is 1.39 bits per heavy atom. The van der Waals surface area contributed by atoms with Gasteiger partial charge in [-0.1, -0.05) is 0 Å². The van der Waals surface area contributed by atoms with Crippen LogP contribution in [0.3, 0.4) is 0 Å². The van der Waals surface area contributed by atoms with Gasteiger partial charge in [-0.2, -0.15) is 0 Å². The minimum absolute atomic E-state index is 0.221. The van der Waals surface area contributed by atoms with Crippen molar-refractivity contribution in [2.24, 2.45) is 0 Å². The second-order valence-electron chi connectivity index (χ2n) is 4.34. The van der Waals surface area contributed by atoms with Crippen LogP contribution in [0.4, 0.5) is 0 Å². The van der Waals surface area contributed by atoms with Crippen LogP contribution in [0.15, 0.2) is 22.8 Å². The number of hydrogen-bond acceptors (Lipinski definition) is 7. The Hall–Kier alpha value is -0.960. The van der Waals surface area contributed by atoms with Gasteiger partial charge in [-0.3, -0.25) is 0 Å². The second-order valence-corrected chi connectivity index (χ2v) is 4.34. The zero-order valence-corrected chi connectivity index (χ0v) is 9.51. The molecule has 102 valence electrons. The molecular formula is C11H16O7. The summed E-state index contributed by atoms with van der Waals surface area (Å²) in [4.78, 5) is 0. The van der Waals surface area contributed by atoms with E-state index < -0.39 is 43.2 Å². The Labute approximate surface area is 103 Å². The fourth-order valence-corrected chi connectivity index (χ4v) is 2.12. The highest BCUT2D eigenvalue weighted by Gasteiger charge is 2.58. The molecule has 1 aromatic heterocycles. The lowest BCUT2D eigenvalue weighted by Crippen LogP contribution is -2.50. The molecule has 5 N–H and O–H groups in total. The highest BCUT2D eigenvalue weighted by Crippen LogP contribution is 2.42. The largest absolute Gasteiger partial charge is 0.466 e. The van der Waals surface area contributed by atoms with Crippen molar-refractivity contribution in [3.05, 3.63) is 24.2 Å². The molecule has 18 heavy (non-hydrogen) atoms. The predicted molar refractivity (Wildman–Crippen MR) is 57.5 cm³/mol. The van der Waals surface area contributed by atoms with E-state index in [-0.39, 0.29) is 5.76 Å². The SMILES string of the molecule is OCC(O)[C@H]1OC(c2ccco2)[C@](O)(CO)[C@H]1O. The van der Waals surface area contributed by atoms with Crippen LogP contribution < -0.4 is 0 Å². The van der Waals surface area contributed by atoms with E-state index in [0.29, 0.717) is 0 Å². The first-order chi connectivity index (χ1) is 8.54. The van der Waals surface area contributed by atoms with Crippen molar-refractivity contribution in [2.45, 2.75) is 30.0 Å². The summed E-state index contributed by atoms with van der Waals surface area (Å²) in [6.07, 6.45) is -3.86. The first-order valence-electron chi connectivity index (χ1n) is 5.53. The summed E-state index contributed by atoms with van der Waals surface area (Å²) < 4.78 is 10.4. The average Bonchev–Trinajstić information content (AvgIpc) is 2.98. The molecule has 1 aliphatic rings. The highest BCUT2D eigenvalue weighted by atomic mass is 16.6. The van der Waals surface area contributed by atoms with Crippen LogP contribution in [0, 0.1) is 0 Å². The molecule has 5 atom stereocenters.